The first-order valence-electron chi connectivity index (χ1n) is 8.48. The van der Waals surface area contributed by atoms with Gasteiger partial charge in [0.25, 0.3) is 0 Å². The Balaban J connectivity index is 1.73. The summed E-state index contributed by atoms with van der Waals surface area (Å²) in [6.07, 6.45) is 1.99. The van der Waals surface area contributed by atoms with Crippen LogP contribution in [0.4, 0.5) is 4.39 Å². The minimum absolute atomic E-state index is 0.178. The summed E-state index contributed by atoms with van der Waals surface area (Å²) in [5, 5.41) is 0. The molecule has 25 heavy (non-hydrogen) atoms. The van der Waals surface area contributed by atoms with E-state index in [0.29, 0.717) is 5.75 Å². The molecule has 3 aromatic carbocycles. The van der Waals surface area contributed by atoms with E-state index in [4.69, 9.17) is 4.74 Å². The predicted octanol–water partition coefficient (Wildman–Crippen LogP) is 5.85. The molecule has 0 radical (unpaired) electrons. The van der Waals surface area contributed by atoms with Crippen LogP contribution < -0.4 is 4.74 Å². The summed E-state index contributed by atoms with van der Waals surface area (Å²) in [6, 6.07) is 25.9. The predicted molar refractivity (Wildman–Crippen MR) is 99.7 cm³/mol. The summed E-state index contributed by atoms with van der Waals surface area (Å²) >= 11 is 0. The van der Waals surface area contributed by atoms with Crippen molar-refractivity contribution in [3.63, 3.8) is 0 Å². The quantitative estimate of drug-likeness (QED) is 0.524. The molecule has 4 rings (SSSR count). The molecule has 1 aliphatic rings. The van der Waals surface area contributed by atoms with Crippen LogP contribution >= 0.6 is 0 Å². The van der Waals surface area contributed by atoms with Crippen molar-refractivity contribution in [2.75, 3.05) is 0 Å². The Morgan fingerprint density at radius 2 is 1.36 bits per heavy atom. The lowest BCUT2D eigenvalue weighted by molar-refractivity contribution is 0.191. The highest BCUT2D eigenvalue weighted by Gasteiger charge is 2.41. The van der Waals surface area contributed by atoms with Gasteiger partial charge in [0.1, 0.15) is 5.60 Å². The molecule has 0 bridgehead atoms. The molecule has 0 aromatic heterocycles. The maximum absolute atomic E-state index is 14.7. The topological polar surface area (TPSA) is 9.23 Å². The van der Waals surface area contributed by atoms with Gasteiger partial charge in [0.15, 0.2) is 26.3 Å². The molecule has 0 amide bonds. The van der Waals surface area contributed by atoms with Crippen LogP contribution in [0.15, 0.2) is 93.5 Å². The molecule has 3 aromatic rings. The molecule has 3 heteroatoms. The molecular weight excluding hydrogens is 331 g/mol. The highest BCUT2D eigenvalue weighted by Crippen LogP contribution is 2.41. The smallest absolute Gasteiger partial charge is 0.170 e. The van der Waals surface area contributed by atoms with Crippen molar-refractivity contribution in [3.05, 3.63) is 84.7 Å². The average Bonchev–Trinajstić information content (AvgIpc) is 3.37. The van der Waals surface area contributed by atoms with Gasteiger partial charge in [-0.1, -0.05) is 36.4 Å². The largest absolute Gasteiger partial charge is 0.484 e. The molecule has 0 N–H and O–H groups in total. The third kappa shape index (κ3) is 3.57. The van der Waals surface area contributed by atoms with E-state index in [-0.39, 0.29) is 22.3 Å². The van der Waals surface area contributed by atoms with E-state index in [1.807, 2.05) is 49.4 Å². The lowest BCUT2D eigenvalue weighted by Crippen LogP contribution is -2.13. The van der Waals surface area contributed by atoms with E-state index in [2.05, 4.69) is 24.3 Å². The Morgan fingerprint density at radius 3 is 1.84 bits per heavy atom. The Labute approximate surface area is 150 Å². The number of rotatable bonds is 5. The van der Waals surface area contributed by atoms with Gasteiger partial charge in [-0.2, -0.15) is 0 Å². The Morgan fingerprint density at radius 1 is 0.800 bits per heavy atom. The average molecular weight is 351 g/mol. The molecule has 0 spiro atoms. The van der Waals surface area contributed by atoms with Gasteiger partial charge in [-0.05, 0) is 56.2 Å². The molecule has 0 heterocycles. The molecule has 1 nitrogen and oxygen atoms in total. The van der Waals surface area contributed by atoms with Crippen LogP contribution in [0.5, 0.6) is 5.75 Å². The number of halogens is 1. The van der Waals surface area contributed by atoms with Crippen LogP contribution in [0.25, 0.3) is 0 Å². The second-order valence-corrected chi connectivity index (χ2v) is 8.60. The number of hydrogen-bond donors (Lipinski definition) is 0. The summed E-state index contributed by atoms with van der Waals surface area (Å²) in [7, 11) is -0.336. The SMILES string of the molecule is CC1(Oc2ccc([S+](c3ccccc3)c3ccccc3)cc2F)CC1. The van der Waals surface area contributed by atoms with Crippen LogP contribution in [-0.4, -0.2) is 5.60 Å². The number of benzene rings is 3. The molecule has 0 unspecified atom stereocenters. The minimum atomic E-state index is -0.336. The van der Waals surface area contributed by atoms with Gasteiger partial charge >= 0.3 is 0 Å². The van der Waals surface area contributed by atoms with Crippen LogP contribution in [0.2, 0.25) is 0 Å². The second-order valence-electron chi connectivity index (χ2n) is 6.58. The van der Waals surface area contributed by atoms with E-state index in [1.165, 1.54) is 9.79 Å². The van der Waals surface area contributed by atoms with Gasteiger partial charge in [0.05, 0.1) is 10.9 Å². The Kier molecular flexibility index (Phi) is 4.26. The maximum atomic E-state index is 14.7. The van der Waals surface area contributed by atoms with E-state index >= 15 is 0 Å². The van der Waals surface area contributed by atoms with Gasteiger partial charge in [0, 0.05) is 6.07 Å². The zero-order chi connectivity index (χ0) is 17.3. The summed E-state index contributed by atoms with van der Waals surface area (Å²) in [4.78, 5) is 3.31. The van der Waals surface area contributed by atoms with Gasteiger partial charge in [0.2, 0.25) is 0 Å². The van der Waals surface area contributed by atoms with Crippen molar-refractivity contribution in [3.8, 4) is 5.75 Å². The highest BCUT2D eigenvalue weighted by molar-refractivity contribution is 7.97. The number of hydrogen-bond acceptors (Lipinski definition) is 1. The fourth-order valence-corrected chi connectivity index (χ4v) is 4.86. The van der Waals surface area contributed by atoms with Crippen molar-refractivity contribution in [1.82, 2.24) is 0 Å². The first kappa shape index (κ1) is 16.2. The lowest BCUT2D eigenvalue weighted by atomic mass is 10.3. The van der Waals surface area contributed by atoms with Gasteiger partial charge < -0.3 is 4.74 Å². The zero-order valence-electron chi connectivity index (χ0n) is 14.1. The van der Waals surface area contributed by atoms with Crippen molar-refractivity contribution in [2.45, 2.75) is 40.1 Å². The van der Waals surface area contributed by atoms with Gasteiger partial charge in [-0.15, -0.1) is 0 Å². The van der Waals surface area contributed by atoms with Crippen LogP contribution in [0.1, 0.15) is 19.8 Å². The molecule has 0 aliphatic heterocycles. The normalized spacial score (nSPS) is 15.2. The number of ether oxygens (including phenoxy) is 1. The van der Waals surface area contributed by atoms with Gasteiger partial charge in [-0.3, -0.25) is 0 Å². The third-order valence-corrected chi connectivity index (χ3v) is 6.62. The lowest BCUT2D eigenvalue weighted by Gasteiger charge is -2.14. The third-order valence-electron chi connectivity index (χ3n) is 4.41. The van der Waals surface area contributed by atoms with Crippen molar-refractivity contribution in [2.24, 2.45) is 0 Å². The van der Waals surface area contributed by atoms with Crippen LogP contribution in [0.3, 0.4) is 0 Å². The van der Waals surface area contributed by atoms with Crippen LogP contribution in [-0.2, 0) is 10.9 Å². The first-order valence-corrected chi connectivity index (χ1v) is 9.70. The summed E-state index contributed by atoms with van der Waals surface area (Å²) in [5.41, 5.74) is -0.178. The monoisotopic (exact) mass is 351 g/mol. The molecular formula is C22H20FOS+. The van der Waals surface area contributed by atoms with Crippen molar-refractivity contribution in [1.29, 1.82) is 0 Å². The maximum Gasteiger partial charge on any atom is 0.170 e. The molecule has 1 fully saturated rings. The first-order chi connectivity index (χ1) is 12.1. The summed E-state index contributed by atoms with van der Waals surface area (Å²) < 4.78 is 20.5. The standard InChI is InChI=1S/C22H20FOS/c1-22(14-15-22)24-21-13-12-19(16-20(21)23)25(17-8-4-2-5-9-17)18-10-6-3-7-11-18/h2-13,16H,14-15H2,1H3/q+1. The summed E-state index contributed by atoms with van der Waals surface area (Å²) in [5.74, 6) is 0.0726. The fourth-order valence-electron chi connectivity index (χ4n) is 2.76. The summed E-state index contributed by atoms with van der Waals surface area (Å²) in [6.45, 7) is 2.03. The van der Waals surface area contributed by atoms with Crippen LogP contribution in [0, 0.1) is 5.82 Å². The minimum Gasteiger partial charge on any atom is -0.484 e. The second kappa shape index (κ2) is 6.57. The van der Waals surface area contributed by atoms with E-state index in [1.54, 1.807) is 12.1 Å². The van der Waals surface area contributed by atoms with Crippen molar-refractivity contribution >= 4 is 10.9 Å². The zero-order valence-corrected chi connectivity index (χ0v) is 14.9. The Bertz CT molecular complexity index is 820. The van der Waals surface area contributed by atoms with Crippen molar-refractivity contribution < 1.29 is 9.13 Å². The highest BCUT2D eigenvalue weighted by atomic mass is 32.2. The molecule has 1 aliphatic carbocycles. The Hall–Kier alpha value is -2.26. The molecule has 0 atom stereocenters. The van der Waals surface area contributed by atoms with E-state index in [0.717, 1.165) is 17.7 Å². The van der Waals surface area contributed by atoms with Gasteiger partial charge in [-0.25, -0.2) is 4.39 Å². The fraction of sp³-hybridized carbons (Fsp3) is 0.182. The molecule has 1 saturated carbocycles. The molecule has 0 saturated heterocycles. The van der Waals surface area contributed by atoms with E-state index < -0.39 is 0 Å². The van der Waals surface area contributed by atoms with E-state index in [9.17, 15) is 4.39 Å². The molecule has 126 valence electrons.